The van der Waals surface area contributed by atoms with Crippen LogP contribution in [0, 0.1) is 0 Å². The van der Waals surface area contributed by atoms with Gasteiger partial charge in [0.15, 0.2) is 11.4 Å². The zero-order valence-corrected chi connectivity index (χ0v) is 10.5. The van der Waals surface area contributed by atoms with E-state index in [0.29, 0.717) is 11.3 Å². The summed E-state index contributed by atoms with van der Waals surface area (Å²) in [6.07, 6.45) is 0. The van der Waals surface area contributed by atoms with Crippen molar-refractivity contribution in [1.82, 2.24) is 10.2 Å². The maximum atomic E-state index is 11.3. The molecule has 0 spiro atoms. The van der Waals surface area contributed by atoms with Crippen LogP contribution in [0.15, 0.2) is 28.7 Å². The van der Waals surface area contributed by atoms with Crippen LogP contribution in [0.5, 0.6) is 5.75 Å². The number of carbonyl (C=O) groups is 1. The fourth-order valence-electron chi connectivity index (χ4n) is 1.39. The summed E-state index contributed by atoms with van der Waals surface area (Å²) in [5.74, 6) is -0.863. The second-order valence-electron chi connectivity index (χ2n) is 3.29. The Labute approximate surface area is 106 Å². The number of methoxy groups -OCH3 is 1. The Morgan fingerprint density at radius 2 is 2.06 bits per heavy atom. The van der Waals surface area contributed by atoms with E-state index in [0.717, 1.165) is 4.47 Å². The van der Waals surface area contributed by atoms with Crippen molar-refractivity contribution < 1.29 is 14.6 Å². The predicted molar refractivity (Wildman–Crippen MR) is 64.7 cm³/mol. The Morgan fingerprint density at radius 1 is 1.41 bits per heavy atom. The van der Waals surface area contributed by atoms with Gasteiger partial charge in [0.25, 0.3) is 0 Å². The number of nitrogens with one attached hydrogen (secondary N) is 1. The highest BCUT2D eigenvalue weighted by atomic mass is 79.9. The van der Waals surface area contributed by atoms with E-state index >= 15 is 0 Å². The summed E-state index contributed by atoms with van der Waals surface area (Å²) in [6, 6.07) is 7.20. The molecular formula is C11H9BrN2O3. The van der Waals surface area contributed by atoms with Crippen LogP contribution in [0.2, 0.25) is 0 Å². The number of esters is 1. The molecule has 88 valence electrons. The van der Waals surface area contributed by atoms with E-state index in [9.17, 15) is 9.90 Å². The van der Waals surface area contributed by atoms with Crippen LogP contribution in [-0.4, -0.2) is 28.4 Å². The minimum Gasteiger partial charge on any atom is -0.504 e. The molecule has 17 heavy (non-hydrogen) atoms. The average Bonchev–Trinajstić information content (AvgIpc) is 2.71. The van der Waals surface area contributed by atoms with Crippen molar-refractivity contribution in [2.24, 2.45) is 0 Å². The molecule has 2 rings (SSSR count). The molecule has 0 bridgehead atoms. The standard InChI is InChI=1S/C11H9BrN2O3/c1-17-11(16)9-10(15)8(13-14-9)6-2-4-7(12)5-3-6/h2-5,15H,1H3,(H,13,14). The van der Waals surface area contributed by atoms with Gasteiger partial charge in [-0.25, -0.2) is 4.79 Å². The monoisotopic (exact) mass is 296 g/mol. The molecule has 2 aromatic rings. The summed E-state index contributed by atoms with van der Waals surface area (Å²) in [4.78, 5) is 11.3. The summed E-state index contributed by atoms with van der Waals surface area (Å²) in [5.41, 5.74) is 0.973. The van der Waals surface area contributed by atoms with E-state index in [2.05, 4.69) is 30.9 Å². The molecule has 0 saturated heterocycles. The normalized spacial score (nSPS) is 10.2. The lowest BCUT2D eigenvalue weighted by atomic mass is 10.1. The number of aromatic amines is 1. The molecule has 2 N–H and O–H groups in total. The Hall–Kier alpha value is -1.82. The van der Waals surface area contributed by atoms with E-state index in [-0.39, 0.29) is 11.4 Å². The van der Waals surface area contributed by atoms with Crippen molar-refractivity contribution in [2.75, 3.05) is 7.11 Å². The number of nitrogens with zero attached hydrogens (tertiary/aromatic N) is 1. The summed E-state index contributed by atoms with van der Waals surface area (Å²) in [7, 11) is 1.24. The van der Waals surface area contributed by atoms with Gasteiger partial charge in [0.2, 0.25) is 0 Å². The van der Waals surface area contributed by atoms with Crippen LogP contribution in [0.4, 0.5) is 0 Å². The third-order valence-electron chi connectivity index (χ3n) is 2.25. The van der Waals surface area contributed by atoms with Gasteiger partial charge < -0.3 is 9.84 Å². The Balaban J connectivity index is 2.44. The van der Waals surface area contributed by atoms with Crippen molar-refractivity contribution in [3.05, 3.63) is 34.4 Å². The third kappa shape index (κ3) is 2.16. The van der Waals surface area contributed by atoms with Gasteiger partial charge in [0, 0.05) is 10.0 Å². The SMILES string of the molecule is COC(=O)c1[nH]nc(-c2ccc(Br)cc2)c1O. The van der Waals surface area contributed by atoms with Gasteiger partial charge in [-0.2, -0.15) is 5.10 Å². The molecular weight excluding hydrogens is 288 g/mol. The van der Waals surface area contributed by atoms with Crippen molar-refractivity contribution in [2.45, 2.75) is 0 Å². The molecule has 0 fully saturated rings. The Morgan fingerprint density at radius 3 is 2.65 bits per heavy atom. The van der Waals surface area contributed by atoms with Gasteiger partial charge in [0.1, 0.15) is 5.69 Å². The first-order valence-electron chi connectivity index (χ1n) is 4.75. The molecule has 0 radical (unpaired) electrons. The van der Waals surface area contributed by atoms with Gasteiger partial charge in [-0.1, -0.05) is 28.1 Å². The lowest BCUT2D eigenvalue weighted by Gasteiger charge is -1.98. The molecule has 0 saturated carbocycles. The topological polar surface area (TPSA) is 75.2 Å². The Kier molecular flexibility index (Phi) is 3.14. The molecule has 6 heteroatoms. The molecule has 0 unspecified atom stereocenters. The molecule has 0 atom stereocenters. The first-order valence-corrected chi connectivity index (χ1v) is 5.54. The van der Waals surface area contributed by atoms with E-state index < -0.39 is 5.97 Å². The van der Waals surface area contributed by atoms with Crippen LogP contribution in [0.3, 0.4) is 0 Å². The van der Waals surface area contributed by atoms with E-state index in [1.54, 1.807) is 12.1 Å². The average molecular weight is 297 g/mol. The zero-order chi connectivity index (χ0) is 12.4. The van der Waals surface area contributed by atoms with E-state index in [4.69, 9.17) is 0 Å². The molecule has 0 amide bonds. The molecule has 1 heterocycles. The minimum absolute atomic E-state index is 0.0505. The quantitative estimate of drug-likeness (QED) is 0.834. The minimum atomic E-state index is -0.654. The number of carbonyl (C=O) groups excluding carboxylic acids is 1. The third-order valence-corrected chi connectivity index (χ3v) is 2.78. The van der Waals surface area contributed by atoms with E-state index in [1.807, 2.05) is 12.1 Å². The number of hydrogen-bond acceptors (Lipinski definition) is 4. The maximum Gasteiger partial charge on any atom is 0.359 e. The van der Waals surface area contributed by atoms with Crippen LogP contribution >= 0.6 is 15.9 Å². The van der Waals surface area contributed by atoms with Crippen LogP contribution in [0.25, 0.3) is 11.3 Å². The van der Waals surface area contributed by atoms with Crippen LogP contribution < -0.4 is 0 Å². The number of hydrogen-bond donors (Lipinski definition) is 2. The lowest BCUT2D eigenvalue weighted by Crippen LogP contribution is -2.01. The number of aromatic nitrogens is 2. The number of halogens is 1. The lowest BCUT2D eigenvalue weighted by molar-refractivity contribution is 0.0591. The largest absolute Gasteiger partial charge is 0.504 e. The highest BCUT2D eigenvalue weighted by Crippen LogP contribution is 2.30. The second kappa shape index (κ2) is 4.58. The fraction of sp³-hybridized carbons (Fsp3) is 0.0909. The first kappa shape index (κ1) is 11.7. The summed E-state index contributed by atoms with van der Waals surface area (Å²) >= 11 is 3.31. The number of ether oxygens (including phenoxy) is 1. The fourth-order valence-corrected chi connectivity index (χ4v) is 1.65. The molecule has 0 aliphatic rings. The number of aromatic hydroxyl groups is 1. The van der Waals surface area contributed by atoms with Gasteiger partial charge in [-0.05, 0) is 12.1 Å². The highest BCUT2D eigenvalue weighted by Gasteiger charge is 2.19. The van der Waals surface area contributed by atoms with Gasteiger partial charge in [-0.15, -0.1) is 0 Å². The van der Waals surface area contributed by atoms with Gasteiger partial charge in [-0.3, -0.25) is 5.10 Å². The van der Waals surface area contributed by atoms with Crippen molar-refractivity contribution in [1.29, 1.82) is 0 Å². The van der Waals surface area contributed by atoms with Crippen molar-refractivity contribution >= 4 is 21.9 Å². The smallest absolute Gasteiger partial charge is 0.359 e. The summed E-state index contributed by atoms with van der Waals surface area (Å²) in [6.45, 7) is 0. The van der Waals surface area contributed by atoms with Crippen LogP contribution in [0.1, 0.15) is 10.5 Å². The number of H-pyrrole nitrogens is 1. The van der Waals surface area contributed by atoms with Crippen molar-refractivity contribution in [3.8, 4) is 17.0 Å². The molecule has 0 aliphatic carbocycles. The number of benzene rings is 1. The van der Waals surface area contributed by atoms with Crippen molar-refractivity contribution in [3.63, 3.8) is 0 Å². The molecule has 5 nitrogen and oxygen atoms in total. The Bertz CT molecular complexity index is 548. The van der Waals surface area contributed by atoms with Gasteiger partial charge >= 0.3 is 5.97 Å². The zero-order valence-electron chi connectivity index (χ0n) is 8.90. The molecule has 1 aromatic heterocycles. The summed E-state index contributed by atoms with van der Waals surface area (Å²) < 4.78 is 5.43. The molecule has 1 aromatic carbocycles. The van der Waals surface area contributed by atoms with Crippen LogP contribution in [-0.2, 0) is 4.74 Å². The number of rotatable bonds is 2. The first-order chi connectivity index (χ1) is 8.13. The second-order valence-corrected chi connectivity index (χ2v) is 4.21. The summed E-state index contributed by atoms with van der Waals surface area (Å²) in [5, 5.41) is 16.2. The van der Waals surface area contributed by atoms with Gasteiger partial charge in [0.05, 0.1) is 7.11 Å². The predicted octanol–water partition coefficient (Wildman–Crippen LogP) is 2.33. The highest BCUT2D eigenvalue weighted by molar-refractivity contribution is 9.10. The van der Waals surface area contributed by atoms with E-state index in [1.165, 1.54) is 7.11 Å². The maximum absolute atomic E-state index is 11.3. The molecule has 0 aliphatic heterocycles.